The number of hydrogen-bond acceptors (Lipinski definition) is 3. The zero-order valence-electron chi connectivity index (χ0n) is 13.9. The van der Waals surface area contributed by atoms with Gasteiger partial charge in [0, 0.05) is 39.6 Å². The van der Waals surface area contributed by atoms with Crippen LogP contribution < -0.4 is 4.74 Å². The Balaban J connectivity index is 2.63. The van der Waals surface area contributed by atoms with Gasteiger partial charge >= 0.3 is 0 Å². The first-order chi connectivity index (χ1) is 10.4. The van der Waals surface area contributed by atoms with Gasteiger partial charge in [-0.2, -0.15) is 0 Å². The van der Waals surface area contributed by atoms with Crippen LogP contribution in [-0.4, -0.2) is 22.6 Å². The first-order valence-electron chi connectivity index (χ1n) is 7.44. The van der Waals surface area contributed by atoms with Crippen LogP contribution in [0.4, 0.5) is 0 Å². The normalized spacial score (nSPS) is 10.6. The van der Waals surface area contributed by atoms with Gasteiger partial charge < -0.3 is 20.1 Å². The predicted octanol–water partition coefficient (Wildman–Crippen LogP) is 4.27. The molecule has 0 fully saturated rings. The van der Waals surface area contributed by atoms with E-state index in [1.165, 1.54) is 0 Å². The summed E-state index contributed by atoms with van der Waals surface area (Å²) in [5, 5.41) is 16.1. The molecule has 0 atom stereocenters. The summed E-state index contributed by atoms with van der Waals surface area (Å²) < 4.78 is 7.59. The second kappa shape index (κ2) is 6.18. The van der Waals surface area contributed by atoms with Gasteiger partial charge in [0.2, 0.25) is 0 Å². The van der Waals surface area contributed by atoms with Crippen molar-refractivity contribution in [3.8, 4) is 11.4 Å². The topological polar surface area (TPSA) is 61.9 Å². The largest absolute Gasteiger partial charge is 0.494 e. The smallest absolute Gasteiger partial charge is 0.119 e. The quantitative estimate of drug-likeness (QED) is 0.795. The lowest BCUT2D eigenvalue weighted by molar-refractivity contribution is 0.340. The van der Waals surface area contributed by atoms with Crippen molar-refractivity contribution in [3.63, 3.8) is 0 Å². The first-order valence-corrected chi connectivity index (χ1v) is 7.44. The Hall–Kier alpha value is -2.36. The molecule has 0 aliphatic heterocycles. The molecule has 0 unspecified atom stereocenters. The fourth-order valence-corrected chi connectivity index (χ4v) is 3.00. The molecule has 0 amide bonds. The van der Waals surface area contributed by atoms with Crippen LogP contribution in [0.3, 0.4) is 0 Å². The summed E-state index contributed by atoms with van der Waals surface area (Å²) in [7, 11) is 0. The zero-order chi connectivity index (χ0) is 16.4. The van der Waals surface area contributed by atoms with Gasteiger partial charge in [0.1, 0.15) is 5.75 Å². The Kier molecular flexibility index (Phi) is 4.50. The number of rotatable bonds is 5. The van der Waals surface area contributed by atoms with Gasteiger partial charge in [-0.15, -0.1) is 0 Å². The highest BCUT2D eigenvalue weighted by molar-refractivity contribution is 6.11. The standard InChI is InChI=1S/C18H23N3O/c1-6-22-16-9-7-15(8-10-16)21-13(4)17(11(2)19)18(12(3)20)14(21)5/h7-10,19-20H,6H2,1-5H3. The summed E-state index contributed by atoms with van der Waals surface area (Å²) in [5.74, 6) is 0.848. The monoisotopic (exact) mass is 297 g/mol. The van der Waals surface area contributed by atoms with E-state index in [2.05, 4.69) is 4.57 Å². The maximum atomic E-state index is 8.04. The predicted molar refractivity (Wildman–Crippen MR) is 91.4 cm³/mol. The zero-order valence-corrected chi connectivity index (χ0v) is 13.9. The van der Waals surface area contributed by atoms with Gasteiger partial charge in [-0.05, 0) is 58.9 Å². The van der Waals surface area contributed by atoms with Crippen LogP contribution in [0.1, 0.15) is 43.3 Å². The lowest BCUT2D eigenvalue weighted by Gasteiger charge is -2.11. The van der Waals surface area contributed by atoms with Crippen LogP contribution >= 0.6 is 0 Å². The lowest BCUT2D eigenvalue weighted by Crippen LogP contribution is -2.03. The van der Waals surface area contributed by atoms with Gasteiger partial charge in [0.15, 0.2) is 0 Å². The van der Waals surface area contributed by atoms with E-state index in [0.717, 1.165) is 34.0 Å². The molecule has 1 heterocycles. The van der Waals surface area contributed by atoms with Crippen LogP contribution in [-0.2, 0) is 0 Å². The maximum Gasteiger partial charge on any atom is 0.119 e. The number of aromatic nitrogens is 1. The summed E-state index contributed by atoms with van der Waals surface area (Å²) in [6.45, 7) is 10.2. The first kappa shape index (κ1) is 16.0. The number of nitrogens with one attached hydrogen (secondary N) is 2. The van der Waals surface area contributed by atoms with E-state index in [-0.39, 0.29) is 0 Å². The molecule has 0 radical (unpaired) electrons. The third-order valence-corrected chi connectivity index (χ3v) is 3.80. The second-order valence-corrected chi connectivity index (χ2v) is 5.43. The van der Waals surface area contributed by atoms with E-state index in [0.29, 0.717) is 18.0 Å². The number of hydrogen-bond donors (Lipinski definition) is 2. The fraction of sp³-hybridized carbons (Fsp3) is 0.333. The molecule has 4 nitrogen and oxygen atoms in total. The summed E-state index contributed by atoms with van der Waals surface area (Å²) in [5.41, 5.74) is 5.72. The number of benzene rings is 1. The highest BCUT2D eigenvalue weighted by atomic mass is 16.5. The molecule has 4 heteroatoms. The van der Waals surface area contributed by atoms with Crippen molar-refractivity contribution in [2.24, 2.45) is 0 Å². The van der Waals surface area contributed by atoms with E-state index in [1.54, 1.807) is 13.8 Å². The minimum absolute atomic E-state index is 0.492. The lowest BCUT2D eigenvalue weighted by atomic mass is 10.0. The Labute approximate surface area is 131 Å². The van der Waals surface area contributed by atoms with Crippen molar-refractivity contribution in [3.05, 3.63) is 46.8 Å². The third-order valence-electron chi connectivity index (χ3n) is 3.80. The second-order valence-electron chi connectivity index (χ2n) is 5.43. The van der Waals surface area contributed by atoms with Crippen LogP contribution in [0, 0.1) is 24.7 Å². The molecule has 116 valence electrons. The molecule has 2 aromatic rings. The molecule has 1 aromatic carbocycles. The van der Waals surface area contributed by atoms with Crippen molar-refractivity contribution in [1.82, 2.24) is 4.57 Å². The van der Waals surface area contributed by atoms with Crippen molar-refractivity contribution in [2.45, 2.75) is 34.6 Å². The third kappa shape index (κ3) is 2.69. The molecule has 0 aliphatic carbocycles. The van der Waals surface area contributed by atoms with Gasteiger partial charge in [0.05, 0.1) is 6.61 Å². The number of nitrogens with zero attached hydrogens (tertiary/aromatic N) is 1. The summed E-state index contributed by atoms with van der Waals surface area (Å²) in [6, 6.07) is 7.92. The van der Waals surface area contributed by atoms with Crippen LogP contribution in [0.5, 0.6) is 5.75 Å². The van der Waals surface area contributed by atoms with Gasteiger partial charge in [-0.3, -0.25) is 0 Å². The van der Waals surface area contributed by atoms with Crippen LogP contribution in [0.25, 0.3) is 5.69 Å². The molecular weight excluding hydrogens is 274 g/mol. The fourth-order valence-electron chi connectivity index (χ4n) is 3.00. The molecule has 1 aromatic heterocycles. The van der Waals surface area contributed by atoms with Crippen LogP contribution in [0.2, 0.25) is 0 Å². The highest BCUT2D eigenvalue weighted by Crippen LogP contribution is 2.28. The minimum Gasteiger partial charge on any atom is -0.494 e. The van der Waals surface area contributed by atoms with Crippen molar-refractivity contribution >= 4 is 11.4 Å². The molecule has 2 N–H and O–H groups in total. The van der Waals surface area contributed by atoms with E-state index in [1.807, 2.05) is 45.0 Å². The SMILES string of the molecule is CCOc1ccc(-n2c(C)c(C(C)=N)c(C(C)=N)c2C)cc1. The average Bonchev–Trinajstić information content (AvgIpc) is 2.72. The Morgan fingerprint density at radius 2 is 1.41 bits per heavy atom. The Bertz CT molecular complexity index is 686. The van der Waals surface area contributed by atoms with Gasteiger partial charge in [-0.25, -0.2) is 0 Å². The van der Waals surface area contributed by atoms with E-state index < -0.39 is 0 Å². The molecule has 0 saturated carbocycles. The average molecular weight is 297 g/mol. The highest BCUT2D eigenvalue weighted by Gasteiger charge is 2.21. The Morgan fingerprint density at radius 1 is 0.955 bits per heavy atom. The molecule has 0 aliphatic rings. The van der Waals surface area contributed by atoms with Crippen molar-refractivity contribution in [1.29, 1.82) is 10.8 Å². The van der Waals surface area contributed by atoms with Crippen molar-refractivity contribution < 1.29 is 4.74 Å². The van der Waals surface area contributed by atoms with Crippen LogP contribution in [0.15, 0.2) is 24.3 Å². The number of ether oxygens (including phenoxy) is 1. The summed E-state index contributed by atoms with van der Waals surface area (Å²) >= 11 is 0. The van der Waals surface area contributed by atoms with E-state index >= 15 is 0 Å². The van der Waals surface area contributed by atoms with E-state index in [4.69, 9.17) is 15.6 Å². The molecule has 0 bridgehead atoms. The molecule has 2 rings (SSSR count). The molecule has 22 heavy (non-hydrogen) atoms. The van der Waals surface area contributed by atoms with Gasteiger partial charge in [0.25, 0.3) is 0 Å². The van der Waals surface area contributed by atoms with E-state index in [9.17, 15) is 0 Å². The molecular formula is C18H23N3O. The van der Waals surface area contributed by atoms with Gasteiger partial charge in [-0.1, -0.05) is 0 Å². The summed E-state index contributed by atoms with van der Waals surface area (Å²) in [4.78, 5) is 0. The maximum absolute atomic E-state index is 8.04. The summed E-state index contributed by atoms with van der Waals surface area (Å²) in [6.07, 6.45) is 0. The molecule has 0 saturated heterocycles. The minimum atomic E-state index is 0.492. The van der Waals surface area contributed by atoms with Crippen molar-refractivity contribution in [2.75, 3.05) is 6.61 Å². The Morgan fingerprint density at radius 3 is 1.77 bits per heavy atom. The molecule has 0 spiro atoms.